The number of carbonyl (C=O) groups is 2. The van der Waals surface area contributed by atoms with E-state index in [0.29, 0.717) is 12.3 Å². The number of carboxylic acids is 1. The SMILES string of the molecule is CCCCCC(CCCl)OC(=O)c1ccccc1C(=O)O. The molecule has 0 aliphatic rings. The third-order valence-corrected chi connectivity index (χ3v) is 3.43. The van der Waals surface area contributed by atoms with Gasteiger partial charge in [-0.15, -0.1) is 11.6 Å². The summed E-state index contributed by atoms with van der Waals surface area (Å²) >= 11 is 5.73. The molecule has 0 aliphatic heterocycles. The van der Waals surface area contributed by atoms with E-state index in [1.54, 1.807) is 12.1 Å². The van der Waals surface area contributed by atoms with Gasteiger partial charge in [0.15, 0.2) is 0 Å². The standard InChI is InChI=1S/C16H21ClO4/c1-2-3-4-7-12(10-11-17)21-16(20)14-9-6-5-8-13(14)15(18)19/h5-6,8-9,12H,2-4,7,10-11H2,1H3,(H,18,19). The quantitative estimate of drug-likeness (QED) is 0.423. The van der Waals surface area contributed by atoms with Crippen molar-refractivity contribution < 1.29 is 19.4 Å². The molecule has 1 unspecified atom stereocenters. The second-order valence-corrected chi connectivity index (χ2v) is 5.23. The lowest BCUT2D eigenvalue weighted by atomic mass is 10.1. The Bertz CT molecular complexity index is 473. The van der Waals surface area contributed by atoms with Crippen molar-refractivity contribution in [3.8, 4) is 0 Å². The van der Waals surface area contributed by atoms with Crippen molar-refractivity contribution in [2.45, 2.75) is 45.1 Å². The highest BCUT2D eigenvalue weighted by molar-refractivity contribution is 6.17. The van der Waals surface area contributed by atoms with E-state index in [2.05, 4.69) is 6.92 Å². The lowest BCUT2D eigenvalue weighted by molar-refractivity contribution is 0.0264. The van der Waals surface area contributed by atoms with E-state index in [9.17, 15) is 9.59 Å². The van der Waals surface area contributed by atoms with Crippen LogP contribution in [0.3, 0.4) is 0 Å². The minimum absolute atomic E-state index is 0.0410. The van der Waals surface area contributed by atoms with Crippen molar-refractivity contribution in [3.63, 3.8) is 0 Å². The predicted molar refractivity (Wildman–Crippen MR) is 82.1 cm³/mol. The van der Waals surface area contributed by atoms with Crippen LogP contribution in [-0.2, 0) is 4.74 Å². The van der Waals surface area contributed by atoms with Crippen molar-refractivity contribution in [1.82, 2.24) is 0 Å². The molecule has 1 aromatic rings. The van der Waals surface area contributed by atoms with Crippen molar-refractivity contribution in [2.24, 2.45) is 0 Å². The van der Waals surface area contributed by atoms with Crippen LogP contribution in [0.4, 0.5) is 0 Å². The number of alkyl halides is 1. The number of unbranched alkanes of at least 4 members (excludes halogenated alkanes) is 2. The molecular formula is C16H21ClO4. The average Bonchev–Trinajstić information content (AvgIpc) is 2.47. The molecule has 0 fully saturated rings. The summed E-state index contributed by atoms with van der Waals surface area (Å²) in [5.74, 6) is -1.33. The number of ether oxygens (including phenoxy) is 1. The van der Waals surface area contributed by atoms with Gasteiger partial charge in [0.2, 0.25) is 0 Å². The Labute approximate surface area is 130 Å². The molecule has 0 radical (unpaired) electrons. The van der Waals surface area contributed by atoms with E-state index in [1.807, 2.05) is 0 Å². The molecule has 0 saturated carbocycles. The summed E-state index contributed by atoms with van der Waals surface area (Å²) in [6, 6.07) is 6.07. The van der Waals surface area contributed by atoms with Crippen LogP contribution in [0.5, 0.6) is 0 Å². The van der Waals surface area contributed by atoms with Gasteiger partial charge in [-0.2, -0.15) is 0 Å². The summed E-state index contributed by atoms with van der Waals surface area (Å²) in [7, 11) is 0. The molecule has 0 bridgehead atoms. The van der Waals surface area contributed by atoms with E-state index in [0.717, 1.165) is 25.7 Å². The molecule has 0 aliphatic carbocycles. The minimum atomic E-state index is -1.14. The summed E-state index contributed by atoms with van der Waals surface area (Å²) in [6.07, 6.45) is 4.19. The normalized spacial score (nSPS) is 11.9. The lowest BCUT2D eigenvalue weighted by Gasteiger charge is -2.17. The highest BCUT2D eigenvalue weighted by Crippen LogP contribution is 2.16. The first kappa shape index (κ1) is 17.5. The lowest BCUT2D eigenvalue weighted by Crippen LogP contribution is -2.20. The summed E-state index contributed by atoms with van der Waals surface area (Å²) in [5.41, 5.74) is 0.0424. The van der Waals surface area contributed by atoms with Gasteiger partial charge in [0.25, 0.3) is 0 Å². The van der Waals surface area contributed by atoms with E-state index in [1.165, 1.54) is 12.1 Å². The van der Waals surface area contributed by atoms with Crippen LogP contribution in [0, 0.1) is 0 Å². The maximum atomic E-state index is 12.2. The van der Waals surface area contributed by atoms with E-state index >= 15 is 0 Å². The van der Waals surface area contributed by atoms with Crippen molar-refractivity contribution in [1.29, 1.82) is 0 Å². The number of hydrogen-bond acceptors (Lipinski definition) is 3. The molecule has 0 aromatic heterocycles. The van der Waals surface area contributed by atoms with Crippen LogP contribution in [0.25, 0.3) is 0 Å². The van der Waals surface area contributed by atoms with E-state index in [-0.39, 0.29) is 17.2 Å². The van der Waals surface area contributed by atoms with Gasteiger partial charge >= 0.3 is 11.9 Å². The van der Waals surface area contributed by atoms with Gasteiger partial charge < -0.3 is 9.84 Å². The van der Waals surface area contributed by atoms with Crippen molar-refractivity contribution in [3.05, 3.63) is 35.4 Å². The van der Waals surface area contributed by atoms with Gasteiger partial charge in [-0.25, -0.2) is 9.59 Å². The second kappa shape index (κ2) is 9.40. The van der Waals surface area contributed by atoms with Crippen molar-refractivity contribution in [2.75, 3.05) is 5.88 Å². The topological polar surface area (TPSA) is 63.6 Å². The second-order valence-electron chi connectivity index (χ2n) is 4.85. The first-order valence-corrected chi connectivity index (χ1v) is 7.72. The number of rotatable bonds is 9. The molecule has 1 N–H and O–H groups in total. The van der Waals surface area contributed by atoms with Crippen molar-refractivity contribution >= 4 is 23.5 Å². The number of carbonyl (C=O) groups excluding carboxylic acids is 1. The molecule has 21 heavy (non-hydrogen) atoms. The molecule has 0 amide bonds. The van der Waals surface area contributed by atoms with Gasteiger partial charge in [0.05, 0.1) is 11.1 Å². The fourth-order valence-electron chi connectivity index (χ4n) is 2.07. The zero-order valence-electron chi connectivity index (χ0n) is 12.2. The zero-order valence-corrected chi connectivity index (χ0v) is 12.9. The van der Waals surface area contributed by atoms with Gasteiger partial charge in [0, 0.05) is 5.88 Å². The number of carboxylic acid groups (broad SMARTS) is 1. The summed E-state index contributed by atoms with van der Waals surface area (Å²) in [4.78, 5) is 23.3. The van der Waals surface area contributed by atoms with Crippen LogP contribution in [0.1, 0.15) is 59.7 Å². The largest absolute Gasteiger partial charge is 0.478 e. The maximum absolute atomic E-state index is 12.2. The molecule has 0 heterocycles. The number of esters is 1. The molecule has 5 heteroatoms. The van der Waals surface area contributed by atoms with Gasteiger partial charge in [-0.3, -0.25) is 0 Å². The fraction of sp³-hybridized carbons (Fsp3) is 0.500. The van der Waals surface area contributed by atoms with Crippen LogP contribution < -0.4 is 0 Å². The Morgan fingerprint density at radius 2 is 1.86 bits per heavy atom. The summed E-state index contributed by atoms with van der Waals surface area (Å²) in [6.45, 7) is 2.10. The third-order valence-electron chi connectivity index (χ3n) is 3.21. The Kier molecular flexibility index (Phi) is 7.83. The molecule has 1 rings (SSSR count). The van der Waals surface area contributed by atoms with Crippen LogP contribution in [-0.4, -0.2) is 29.0 Å². The van der Waals surface area contributed by atoms with Crippen LogP contribution >= 0.6 is 11.6 Å². The minimum Gasteiger partial charge on any atom is -0.478 e. The highest BCUT2D eigenvalue weighted by Gasteiger charge is 2.20. The molecule has 1 aromatic carbocycles. The number of hydrogen-bond donors (Lipinski definition) is 1. The van der Waals surface area contributed by atoms with Gasteiger partial charge in [0.1, 0.15) is 6.10 Å². The van der Waals surface area contributed by atoms with E-state index in [4.69, 9.17) is 21.4 Å². The Morgan fingerprint density at radius 3 is 2.43 bits per heavy atom. The average molecular weight is 313 g/mol. The highest BCUT2D eigenvalue weighted by atomic mass is 35.5. The maximum Gasteiger partial charge on any atom is 0.339 e. The molecule has 0 saturated heterocycles. The third kappa shape index (κ3) is 5.76. The number of halogens is 1. The first-order valence-electron chi connectivity index (χ1n) is 7.19. The molecule has 1 atom stereocenters. The molecular weight excluding hydrogens is 292 g/mol. The Morgan fingerprint density at radius 1 is 1.19 bits per heavy atom. The molecule has 4 nitrogen and oxygen atoms in total. The molecule has 0 spiro atoms. The van der Waals surface area contributed by atoms with Crippen LogP contribution in [0.2, 0.25) is 0 Å². The van der Waals surface area contributed by atoms with Gasteiger partial charge in [-0.05, 0) is 31.4 Å². The molecule has 116 valence electrons. The Balaban J connectivity index is 2.75. The smallest absolute Gasteiger partial charge is 0.339 e. The van der Waals surface area contributed by atoms with Crippen LogP contribution in [0.15, 0.2) is 24.3 Å². The Hall–Kier alpha value is -1.55. The summed E-state index contributed by atoms with van der Waals surface area (Å²) < 4.78 is 5.43. The van der Waals surface area contributed by atoms with Gasteiger partial charge in [-0.1, -0.05) is 31.9 Å². The van der Waals surface area contributed by atoms with E-state index < -0.39 is 11.9 Å². The predicted octanol–water partition coefficient (Wildman–Crippen LogP) is 4.12. The number of aromatic carboxylic acids is 1. The fourth-order valence-corrected chi connectivity index (χ4v) is 2.31. The summed E-state index contributed by atoms with van der Waals surface area (Å²) in [5, 5.41) is 9.10. The first-order chi connectivity index (χ1) is 10.1. The number of benzene rings is 1. The monoisotopic (exact) mass is 312 g/mol. The zero-order chi connectivity index (χ0) is 15.7.